The van der Waals surface area contributed by atoms with Crippen molar-refractivity contribution >= 4 is 21.7 Å². The molecule has 0 spiro atoms. The van der Waals surface area contributed by atoms with Crippen molar-refractivity contribution in [2.45, 2.75) is 18.9 Å². The van der Waals surface area contributed by atoms with E-state index < -0.39 is 0 Å². The van der Waals surface area contributed by atoms with E-state index >= 15 is 0 Å². The van der Waals surface area contributed by atoms with Gasteiger partial charge < -0.3 is 9.80 Å². The van der Waals surface area contributed by atoms with Crippen LogP contribution < -0.4 is 0 Å². The summed E-state index contributed by atoms with van der Waals surface area (Å²) in [5.41, 5.74) is 0.469. The average molecular weight is 343 g/mol. The van der Waals surface area contributed by atoms with Crippen molar-refractivity contribution in [1.29, 1.82) is 0 Å². The number of Topliss-reactive ketones (excluding diaryl/α,β-unsaturated/α-hetero) is 1. The third kappa shape index (κ3) is 4.11. The third-order valence-electron chi connectivity index (χ3n) is 3.84. The number of rotatable bonds is 4. The van der Waals surface area contributed by atoms with Gasteiger partial charge in [0.15, 0.2) is 0 Å². The van der Waals surface area contributed by atoms with Crippen LogP contribution in [0.1, 0.15) is 12.0 Å². The number of ketones is 1. The summed E-state index contributed by atoms with van der Waals surface area (Å²) in [7, 11) is 4.11. The second-order valence-electron chi connectivity index (χ2n) is 5.55. The molecule has 110 valence electrons. The molecule has 1 unspecified atom stereocenters. The molecular weight excluding hydrogens is 323 g/mol. The van der Waals surface area contributed by atoms with E-state index in [0.717, 1.165) is 24.1 Å². The molecule has 0 amide bonds. The summed E-state index contributed by atoms with van der Waals surface area (Å²) in [6, 6.07) is 4.96. The molecule has 2 rings (SSSR count). The molecule has 3 nitrogen and oxygen atoms in total. The van der Waals surface area contributed by atoms with Crippen molar-refractivity contribution in [3.05, 3.63) is 34.1 Å². The second kappa shape index (κ2) is 6.78. The van der Waals surface area contributed by atoms with Crippen molar-refractivity contribution in [3.8, 4) is 0 Å². The maximum atomic E-state index is 13.7. The minimum Gasteiger partial charge on any atom is -0.304 e. The molecule has 1 fully saturated rings. The number of hydrogen-bond donors (Lipinski definition) is 0. The lowest BCUT2D eigenvalue weighted by Crippen LogP contribution is -2.50. The summed E-state index contributed by atoms with van der Waals surface area (Å²) in [5, 5.41) is 0. The summed E-state index contributed by atoms with van der Waals surface area (Å²) in [5.74, 6) is -0.218. The van der Waals surface area contributed by atoms with Gasteiger partial charge in [-0.15, -0.1) is 0 Å². The number of halogens is 2. The molecule has 0 aromatic heterocycles. The molecule has 20 heavy (non-hydrogen) atoms. The molecule has 1 aromatic carbocycles. The molecule has 0 radical (unpaired) electrons. The van der Waals surface area contributed by atoms with Crippen LogP contribution in [-0.2, 0) is 11.2 Å². The zero-order valence-electron chi connectivity index (χ0n) is 11.9. The Labute approximate surface area is 127 Å². The summed E-state index contributed by atoms with van der Waals surface area (Å²) in [4.78, 5) is 16.6. The van der Waals surface area contributed by atoms with Crippen molar-refractivity contribution in [3.63, 3.8) is 0 Å². The maximum Gasteiger partial charge on any atom is 0.138 e. The first-order valence-corrected chi connectivity index (χ1v) is 7.59. The number of carbonyl (C=O) groups is 1. The van der Waals surface area contributed by atoms with Crippen LogP contribution in [0.25, 0.3) is 0 Å². The lowest BCUT2D eigenvalue weighted by Gasteiger charge is -2.37. The minimum atomic E-state index is -0.310. The monoisotopic (exact) mass is 342 g/mol. The van der Waals surface area contributed by atoms with Crippen molar-refractivity contribution in [2.24, 2.45) is 0 Å². The SMILES string of the molecule is CN1CCN(C)C(CC(=O)Cc2cc(Br)ccc2F)C1. The van der Waals surface area contributed by atoms with E-state index in [1.165, 1.54) is 6.07 Å². The quantitative estimate of drug-likeness (QED) is 0.839. The van der Waals surface area contributed by atoms with Crippen LogP contribution in [0.3, 0.4) is 0 Å². The van der Waals surface area contributed by atoms with Crippen LogP contribution >= 0.6 is 15.9 Å². The van der Waals surface area contributed by atoms with Gasteiger partial charge in [0.1, 0.15) is 11.6 Å². The molecule has 1 heterocycles. The van der Waals surface area contributed by atoms with Crippen LogP contribution in [0.4, 0.5) is 4.39 Å². The highest BCUT2D eigenvalue weighted by molar-refractivity contribution is 9.10. The fraction of sp³-hybridized carbons (Fsp3) is 0.533. The van der Waals surface area contributed by atoms with Gasteiger partial charge in [0.05, 0.1) is 0 Å². The molecule has 1 aliphatic heterocycles. The zero-order chi connectivity index (χ0) is 14.7. The molecule has 0 aliphatic carbocycles. The molecule has 0 saturated carbocycles. The first-order valence-electron chi connectivity index (χ1n) is 6.80. The third-order valence-corrected chi connectivity index (χ3v) is 4.33. The number of benzene rings is 1. The van der Waals surface area contributed by atoms with Gasteiger partial charge in [-0.1, -0.05) is 15.9 Å². The van der Waals surface area contributed by atoms with Gasteiger partial charge in [0, 0.05) is 43.0 Å². The van der Waals surface area contributed by atoms with Crippen molar-refractivity contribution < 1.29 is 9.18 Å². The van der Waals surface area contributed by atoms with Gasteiger partial charge in [-0.05, 0) is 37.9 Å². The van der Waals surface area contributed by atoms with Gasteiger partial charge >= 0.3 is 0 Å². The molecule has 0 N–H and O–H groups in total. The molecule has 1 aromatic rings. The Balaban J connectivity index is 1.96. The highest BCUT2D eigenvalue weighted by Crippen LogP contribution is 2.18. The normalized spacial score (nSPS) is 21.1. The topological polar surface area (TPSA) is 23.6 Å². The molecule has 1 atom stereocenters. The van der Waals surface area contributed by atoms with Gasteiger partial charge in [-0.25, -0.2) is 4.39 Å². The van der Waals surface area contributed by atoms with Crippen LogP contribution in [0.15, 0.2) is 22.7 Å². The Morgan fingerprint density at radius 2 is 2.15 bits per heavy atom. The summed E-state index contributed by atoms with van der Waals surface area (Å²) >= 11 is 3.31. The largest absolute Gasteiger partial charge is 0.304 e. The van der Waals surface area contributed by atoms with Crippen molar-refractivity contribution in [1.82, 2.24) is 9.80 Å². The van der Waals surface area contributed by atoms with Gasteiger partial charge in [-0.2, -0.15) is 0 Å². The fourth-order valence-corrected chi connectivity index (χ4v) is 2.96. The van der Waals surface area contributed by atoms with E-state index in [-0.39, 0.29) is 24.1 Å². The maximum absolute atomic E-state index is 13.7. The number of likely N-dealkylation sites (N-methyl/N-ethyl adjacent to an activating group) is 2. The highest BCUT2D eigenvalue weighted by Gasteiger charge is 2.24. The van der Waals surface area contributed by atoms with E-state index in [1.807, 2.05) is 7.05 Å². The van der Waals surface area contributed by atoms with E-state index in [9.17, 15) is 9.18 Å². The van der Waals surface area contributed by atoms with E-state index in [2.05, 4.69) is 32.8 Å². The molecule has 1 saturated heterocycles. The lowest BCUT2D eigenvalue weighted by molar-refractivity contribution is -0.120. The molecule has 5 heteroatoms. The van der Waals surface area contributed by atoms with E-state index in [0.29, 0.717) is 12.0 Å². The predicted molar refractivity (Wildman–Crippen MR) is 81.3 cm³/mol. The zero-order valence-corrected chi connectivity index (χ0v) is 13.5. The van der Waals surface area contributed by atoms with Crippen LogP contribution in [0.2, 0.25) is 0 Å². The van der Waals surface area contributed by atoms with Crippen LogP contribution in [0, 0.1) is 5.82 Å². The van der Waals surface area contributed by atoms with Gasteiger partial charge in [-0.3, -0.25) is 4.79 Å². The highest BCUT2D eigenvalue weighted by atomic mass is 79.9. The second-order valence-corrected chi connectivity index (χ2v) is 6.47. The first-order chi connectivity index (χ1) is 9.45. The molecular formula is C15H20BrFN2O. The summed E-state index contributed by atoms with van der Waals surface area (Å²) in [6.45, 7) is 2.89. The Bertz CT molecular complexity index is 495. The Kier molecular flexibility index (Phi) is 5.29. The average Bonchev–Trinajstić information content (AvgIpc) is 2.38. The number of nitrogens with zero attached hydrogens (tertiary/aromatic N) is 2. The smallest absolute Gasteiger partial charge is 0.138 e. The van der Waals surface area contributed by atoms with Crippen LogP contribution in [0.5, 0.6) is 0 Å². The predicted octanol–water partition coefficient (Wildman–Crippen LogP) is 2.34. The molecule has 0 bridgehead atoms. The Morgan fingerprint density at radius 1 is 1.40 bits per heavy atom. The van der Waals surface area contributed by atoms with Crippen molar-refractivity contribution in [2.75, 3.05) is 33.7 Å². The summed E-state index contributed by atoms with van der Waals surface area (Å²) < 4.78 is 14.5. The number of piperazine rings is 1. The fourth-order valence-electron chi connectivity index (χ4n) is 2.55. The lowest BCUT2D eigenvalue weighted by atomic mass is 10.0. The minimum absolute atomic E-state index is 0.0918. The van der Waals surface area contributed by atoms with E-state index in [1.54, 1.807) is 12.1 Å². The Hall–Kier alpha value is -0.780. The standard InChI is InChI=1S/C15H20BrFN2O/c1-18-5-6-19(2)13(10-18)9-14(20)8-11-7-12(16)3-4-15(11)17/h3-4,7,13H,5-6,8-10H2,1-2H3. The number of carbonyl (C=O) groups excluding carboxylic acids is 1. The molecule has 1 aliphatic rings. The van der Waals surface area contributed by atoms with E-state index in [4.69, 9.17) is 0 Å². The van der Waals surface area contributed by atoms with Gasteiger partial charge in [0.25, 0.3) is 0 Å². The Morgan fingerprint density at radius 3 is 2.90 bits per heavy atom. The van der Waals surface area contributed by atoms with Gasteiger partial charge in [0.2, 0.25) is 0 Å². The first kappa shape index (κ1) is 15.6. The van der Waals surface area contributed by atoms with Crippen LogP contribution in [-0.4, -0.2) is 55.4 Å². The summed E-state index contributed by atoms with van der Waals surface area (Å²) in [6.07, 6.45) is 0.645. The number of hydrogen-bond acceptors (Lipinski definition) is 3.